The summed E-state index contributed by atoms with van der Waals surface area (Å²) in [6.07, 6.45) is 7.20. The molecule has 1 atom stereocenters. The van der Waals surface area contributed by atoms with E-state index in [1.165, 1.54) is 57.4 Å². The molecule has 1 spiro atoms. The van der Waals surface area contributed by atoms with Gasteiger partial charge in [0.1, 0.15) is 0 Å². The van der Waals surface area contributed by atoms with Crippen LogP contribution in [0.5, 0.6) is 0 Å². The summed E-state index contributed by atoms with van der Waals surface area (Å²) in [5, 5.41) is 0. The summed E-state index contributed by atoms with van der Waals surface area (Å²) < 4.78 is 11.7. The monoisotopic (exact) mass is 366 g/mol. The highest BCUT2D eigenvalue weighted by Gasteiger charge is 2.37. The SMILES string of the molecule is CC(C)N1CCC2(CCN(Cc3cccc(S(C)=O)c3)CC2)CC1.O. The first-order chi connectivity index (χ1) is 11.5. The third-order valence-corrected chi connectivity index (χ3v) is 7.06. The molecule has 2 N–H and O–H groups in total. The minimum absolute atomic E-state index is 0. The predicted octanol–water partition coefficient (Wildman–Crippen LogP) is 2.69. The van der Waals surface area contributed by atoms with Gasteiger partial charge in [-0.15, -0.1) is 0 Å². The molecule has 4 nitrogen and oxygen atoms in total. The second-order valence-electron chi connectivity index (χ2n) is 8.01. The smallest absolute Gasteiger partial charge is 0.0498 e. The molecule has 0 bridgehead atoms. The van der Waals surface area contributed by atoms with Crippen molar-refractivity contribution in [2.75, 3.05) is 32.4 Å². The van der Waals surface area contributed by atoms with Crippen molar-refractivity contribution in [1.82, 2.24) is 9.80 Å². The van der Waals surface area contributed by atoms with Gasteiger partial charge in [0.2, 0.25) is 0 Å². The summed E-state index contributed by atoms with van der Waals surface area (Å²) in [5.41, 5.74) is 1.91. The van der Waals surface area contributed by atoms with Crippen molar-refractivity contribution in [3.63, 3.8) is 0 Å². The van der Waals surface area contributed by atoms with Crippen molar-refractivity contribution in [2.45, 2.75) is 57.0 Å². The van der Waals surface area contributed by atoms with E-state index < -0.39 is 10.8 Å². The summed E-state index contributed by atoms with van der Waals surface area (Å²) in [4.78, 5) is 6.16. The Bertz CT molecular complexity index is 573. The average Bonchev–Trinajstić information content (AvgIpc) is 2.58. The number of hydrogen-bond donors (Lipinski definition) is 0. The van der Waals surface area contributed by atoms with Gasteiger partial charge < -0.3 is 10.4 Å². The van der Waals surface area contributed by atoms with Crippen LogP contribution < -0.4 is 0 Å². The number of benzene rings is 1. The van der Waals surface area contributed by atoms with Gasteiger partial charge in [0.05, 0.1) is 0 Å². The van der Waals surface area contributed by atoms with Crippen molar-refractivity contribution in [3.05, 3.63) is 29.8 Å². The number of piperidine rings is 2. The molecule has 0 saturated carbocycles. The van der Waals surface area contributed by atoms with Crippen LogP contribution in [0.25, 0.3) is 0 Å². The van der Waals surface area contributed by atoms with Gasteiger partial charge in [-0.05, 0) is 88.8 Å². The van der Waals surface area contributed by atoms with Crippen molar-refractivity contribution >= 4 is 10.8 Å². The molecule has 142 valence electrons. The zero-order chi connectivity index (χ0) is 17.2. The van der Waals surface area contributed by atoms with Gasteiger partial charge in [-0.25, -0.2) is 0 Å². The minimum Gasteiger partial charge on any atom is -0.412 e. The van der Waals surface area contributed by atoms with E-state index in [0.717, 1.165) is 11.4 Å². The third-order valence-electron chi connectivity index (χ3n) is 6.14. The minimum atomic E-state index is -0.885. The van der Waals surface area contributed by atoms with Crippen LogP contribution in [0.2, 0.25) is 0 Å². The van der Waals surface area contributed by atoms with Crippen LogP contribution in [0, 0.1) is 5.41 Å². The van der Waals surface area contributed by atoms with Crippen molar-refractivity contribution in [2.24, 2.45) is 5.41 Å². The first-order valence-electron chi connectivity index (χ1n) is 9.36. The van der Waals surface area contributed by atoms with Gasteiger partial charge in [0.15, 0.2) is 0 Å². The summed E-state index contributed by atoms with van der Waals surface area (Å²) in [6, 6.07) is 8.98. The van der Waals surface area contributed by atoms with E-state index in [1.807, 2.05) is 12.1 Å². The van der Waals surface area contributed by atoms with Gasteiger partial charge in [0, 0.05) is 34.5 Å². The Morgan fingerprint density at radius 2 is 1.68 bits per heavy atom. The van der Waals surface area contributed by atoms with Gasteiger partial charge in [-0.1, -0.05) is 12.1 Å². The third kappa shape index (κ3) is 5.13. The normalized spacial score (nSPS) is 22.7. The number of nitrogens with zero attached hydrogens (tertiary/aromatic N) is 2. The van der Waals surface area contributed by atoms with Gasteiger partial charge >= 0.3 is 0 Å². The lowest BCUT2D eigenvalue weighted by Gasteiger charge is -2.47. The Labute approximate surface area is 155 Å². The summed E-state index contributed by atoms with van der Waals surface area (Å²) in [7, 11) is -0.885. The number of rotatable bonds is 4. The maximum absolute atomic E-state index is 11.7. The lowest BCUT2D eigenvalue weighted by molar-refractivity contribution is 0.0230. The Balaban J connectivity index is 0.00000225. The van der Waals surface area contributed by atoms with E-state index >= 15 is 0 Å². The van der Waals surface area contributed by atoms with Crippen LogP contribution in [0.3, 0.4) is 0 Å². The quantitative estimate of drug-likeness (QED) is 0.823. The first-order valence-corrected chi connectivity index (χ1v) is 10.9. The molecule has 2 aliphatic heterocycles. The van der Waals surface area contributed by atoms with Crippen LogP contribution in [0.4, 0.5) is 0 Å². The maximum atomic E-state index is 11.7. The molecule has 0 amide bonds. The standard InChI is InChI=1S/C20H32N2OS.H2O/c1-17(2)22-13-9-20(10-14-22)7-11-21(12-8-20)16-18-5-4-6-19(15-18)24(3)23;/h4-6,15,17H,7-14,16H2,1-3H3;1H2. The second-order valence-corrected chi connectivity index (χ2v) is 9.39. The fourth-order valence-corrected chi connectivity index (χ4v) is 4.87. The molecule has 1 aromatic carbocycles. The highest BCUT2D eigenvalue weighted by Crippen LogP contribution is 2.41. The zero-order valence-corrected chi connectivity index (χ0v) is 16.8. The number of likely N-dealkylation sites (tertiary alicyclic amines) is 2. The summed E-state index contributed by atoms with van der Waals surface area (Å²) in [6.45, 7) is 10.6. The molecule has 25 heavy (non-hydrogen) atoms. The van der Waals surface area contributed by atoms with Crippen LogP contribution in [-0.2, 0) is 17.3 Å². The van der Waals surface area contributed by atoms with Gasteiger partial charge in [-0.3, -0.25) is 9.11 Å². The molecule has 0 aromatic heterocycles. The lowest BCUT2D eigenvalue weighted by atomic mass is 9.71. The highest BCUT2D eigenvalue weighted by molar-refractivity contribution is 7.84. The predicted molar refractivity (Wildman–Crippen MR) is 105 cm³/mol. The number of hydrogen-bond acceptors (Lipinski definition) is 3. The molecule has 2 fully saturated rings. The maximum Gasteiger partial charge on any atom is 0.0498 e. The average molecular weight is 367 g/mol. The fourth-order valence-electron chi connectivity index (χ4n) is 4.28. The molecule has 3 rings (SSSR count). The van der Waals surface area contributed by atoms with Crippen LogP contribution in [0.1, 0.15) is 45.1 Å². The molecular formula is C20H34N2O2S. The van der Waals surface area contributed by atoms with Crippen LogP contribution >= 0.6 is 0 Å². The molecule has 5 heteroatoms. The molecule has 2 saturated heterocycles. The molecule has 2 aliphatic rings. The van der Waals surface area contributed by atoms with Crippen molar-refractivity contribution in [1.29, 1.82) is 0 Å². The van der Waals surface area contributed by atoms with Crippen LogP contribution in [0.15, 0.2) is 29.2 Å². The topological polar surface area (TPSA) is 55.0 Å². The Morgan fingerprint density at radius 1 is 1.08 bits per heavy atom. The summed E-state index contributed by atoms with van der Waals surface area (Å²) in [5.74, 6) is 0. The first kappa shape index (κ1) is 20.6. The fraction of sp³-hybridized carbons (Fsp3) is 0.700. The molecule has 0 aliphatic carbocycles. The molecule has 2 heterocycles. The van der Waals surface area contributed by atoms with Crippen LogP contribution in [-0.4, -0.2) is 58.0 Å². The van der Waals surface area contributed by atoms with Crippen molar-refractivity contribution < 1.29 is 9.69 Å². The Hall–Kier alpha value is -0.750. The van der Waals surface area contributed by atoms with E-state index in [4.69, 9.17) is 0 Å². The Morgan fingerprint density at radius 3 is 2.24 bits per heavy atom. The van der Waals surface area contributed by atoms with Crippen molar-refractivity contribution in [3.8, 4) is 0 Å². The molecule has 1 unspecified atom stereocenters. The molecular weight excluding hydrogens is 332 g/mol. The van der Waals surface area contributed by atoms with E-state index in [0.29, 0.717) is 11.5 Å². The Kier molecular flexibility index (Phi) is 7.20. The zero-order valence-electron chi connectivity index (χ0n) is 16.0. The summed E-state index contributed by atoms with van der Waals surface area (Å²) >= 11 is 0. The highest BCUT2D eigenvalue weighted by atomic mass is 32.2. The van der Waals surface area contributed by atoms with Gasteiger partial charge in [0.25, 0.3) is 0 Å². The molecule has 0 radical (unpaired) electrons. The molecule has 1 aromatic rings. The van der Waals surface area contributed by atoms with Gasteiger partial charge in [-0.2, -0.15) is 0 Å². The van der Waals surface area contributed by atoms with E-state index in [9.17, 15) is 4.21 Å². The largest absolute Gasteiger partial charge is 0.412 e. The van der Waals surface area contributed by atoms with E-state index in [-0.39, 0.29) is 5.48 Å². The van der Waals surface area contributed by atoms with E-state index in [1.54, 1.807) is 6.26 Å². The van der Waals surface area contributed by atoms with E-state index in [2.05, 4.69) is 35.8 Å². The second kappa shape index (κ2) is 8.76. The lowest BCUT2D eigenvalue weighted by Crippen LogP contribution is -2.48.